The van der Waals surface area contributed by atoms with Crippen LogP contribution in [-0.4, -0.2) is 53.0 Å². The molecule has 2 aromatic rings. The number of amides is 2. The Bertz CT molecular complexity index is 1060. The highest BCUT2D eigenvalue weighted by Gasteiger charge is 2.43. The quantitative estimate of drug-likeness (QED) is 0.723. The third-order valence-electron chi connectivity index (χ3n) is 6.62. The molecule has 5 heterocycles. The van der Waals surface area contributed by atoms with Crippen LogP contribution in [0.4, 0.5) is 5.82 Å². The first-order valence-corrected chi connectivity index (χ1v) is 12.0. The number of pyridine rings is 1. The van der Waals surface area contributed by atoms with Gasteiger partial charge < -0.3 is 15.0 Å². The van der Waals surface area contributed by atoms with Gasteiger partial charge in [-0.1, -0.05) is 5.57 Å². The van der Waals surface area contributed by atoms with Crippen molar-refractivity contribution in [2.24, 2.45) is 5.41 Å². The summed E-state index contributed by atoms with van der Waals surface area (Å²) in [7, 11) is 0. The summed E-state index contributed by atoms with van der Waals surface area (Å²) in [6.07, 6.45) is 11.2. The molecule has 3 aliphatic rings. The van der Waals surface area contributed by atoms with E-state index in [0.29, 0.717) is 25.5 Å². The Kier molecular flexibility index (Phi) is 5.89. The second-order valence-corrected chi connectivity index (χ2v) is 9.39. The summed E-state index contributed by atoms with van der Waals surface area (Å²) in [6.45, 7) is 2.66. The SMILES string of the molecule is O=C(C=Cc1cnc2c(c1)CC1(CCOCC1)C(=O)N2)N1CCC(=Cc2cscn2)CC1. The largest absolute Gasteiger partial charge is 0.381 e. The lowest BCUT2D eigenvalue weighted by atomic mass is 9.72. The van der Waals surface area contributed by atoms with E-state index in [1.54, 1.807) is 23.6 Å². The number of hydrogen-bond donors (Lipinski definition) is 1. The molecule has 0 saturated carbocycles. The molecule has 0 radical (unpaired) electrons. The number of thiazole rings is 1. The van der Waals surface area contributed by atoms with E-state index in [4.69, 9.17) is 4.74 Å². The topological polar surface area (TPSA) is 84.4 Å². The highest BCUT2D eigenvalue weighted by Crippen LogP contribution is 2.40. The van der Waals surface area contributed by atoms with Crippen LogP contribution in [0.2, 0.25) is 0 Å². The number of likely N-dealkylation sites (tertiary alicyclic amines) is 1. The van der Waals surface area contributed by atoms with Gasteiger partial charge in [-0.15, -0.1) is 11.3 Å². The third-order valence-corrected chi connectivity index (χ3v) is 7.22. The van der Waals surface area contributed by atoms with Crippen LogP contribution < -0.4 is 5.32 Å². The molecule has 0 aromatic carbocycles. The highest BCUT2D eigenvalue weighted by atomic mass is 32.1. The molecule has 8 heteroatoms. The molecule has 166 valence electrons. The number of aromatic nitrogens is 2. The maximum atomic E-state index is 12.7. The lowest BCUT2D eigenvalue weighted by Crippen LogP contribution is -2.45. The Balaban J connectivity index is 1.22. The lowest BCUT2D eigenvalue weighted by Gasteiger charge is -2.39. The van der Waals surface area contributed by atoms with Crippen LogP contribution in [-0.2, 0) is 20.7 Å². The molecular formula is C24H26N4O3S. The van der Waals surface area contributed by atoms with Crippen LogP contribution in [0.3, 0.4) is 0 Å². The third kappa shape index (κ3) is 4.38. The Labute approximate surface area is 191 Å². The first kappa shape index (κ1) is 21.0. The van der Waals surface area contributed by atoms with Crippen molar-refractivity contribution in [3.8, 4) is 0 Å². The van der Waals surface area contributed by atoms with E-state index in [9.17, 15) is 9.59 Å². The predicted molar refractivity (Wildman–Crippen MR) is 124 cm³/mol. The van der Waals surface area contributed by atoms with Gasteiger partial charge in [-0.05, 0) is 61.4 Å². The van der Waals surface area contributed by atoms with Gasteiger partial charge in [-0.2, -0.15) is 0 Å². The summed E-state index contributed by atoms with van der Waals surface area (Å²) in [5.74, 6) is 0.697. The van der Waals surface area contributed by atoms with E-state index in [-0.39, 0.29) is 11.8 Å². The van der Waals surface area contributed by atoms with Crippen molar-refractivity contribution < 1.29 is 14.3 Å². The molecule has 3 aliphatic heterocycles. The summed E-state index contributed by atoms with van der Waals surface area (Å²) < 4.78 is 5.46. The highest BCUT2D eigenvalue weighted by molar-refractivity contribution is 7.07. The summed E-state index contributed by atoms with van der Waals surface area (Å²) in [5.41, 5.74) is 5.67. The van der Waals surface area contributed by atoms with Gasteiger partial charge >= 0.3 is 0 Å². The number of fused-ring (bicyclic) bond motifs is 1. The van der Waals surface area contributed by atoms with Crippen LogP contribution in [0.15, 0.2) is 34.8 Å². The summed E-state index contributed by atoms with van der Waals surface area (Å²) in [4.78, 5) is 36.0. The normalized spacial score (nSPS) is 20.3. The van der Waals surface area contributed by atoms with Gasteiger partial charge in [-0.3, -0.25) is 9.59 Å². The average molecular weight is 451 g/mol. The minimum absolute atomic E-state index is 0.0182. The van der Waals surface area contributed by atoms with Crippen molar-refractivity contribution in [3.05, 3.63) is 51.6 Å². The first-order valence-electron chi connectivity index (χ1n) is 11.0. The van der Waals surface area contributed by atoms with Crippen molar-refractivity contribution >= 4 is 41.1 Å². The minimum Gasteiger partial charge on any atom is -0.381 e. The van der Waals surface area contributed by atoms with Crippen molar-refractivity contribution in [1.82, 2.24) is 14.9 Å². The molecule has 2 amide bonds. The van der Waals surface area contributed by atoms with Gasteiger partial charge in [0.15, 0.2) is 0 Å². The van der Waals surface area contributed by atoms with Gasteiger partial charge in [-0.25, -0.2) is 9.97 Å². The fourth-order valence-electron chi connectivity index (χ4n) is 4.65. The fourth-order valence-corrected chi connectivity index (χ4v) is 5.16. The number of rotatable bonds is 3. The fraction of sp³-hybridized carbons (Fsp3) is 0.417. The molecule has 5 rings (SSSR count). The van der Waals surface area contributed by atoms with E-state index >= 15 is 0 Å². The van der Waals surface area contributed by atoms with E-state index < -0.39 is 5.41 Å². The molecule has 32 heavy (non-hydrogen) atoms. The molecule has 2 saturated heterocycles. The summed E-state index contributed by atoms with van der Waals surface area (Å²) in [6, 6.07) is 2.04. The number of carbonyl (C=O) groups excluding carboxylic acids is 2. The van der Waals surface area contributed by atoms with E-state index in [0.717, 1.165) is 55.6 Å². The van der Waals surface area contributed by atoms with Crippen molar-refractivity contribution in [2.45, 2.75) is 32.1 Å². The number of nitrogens with one attached hydrogen (secondary N) is 1. The first-order chi connectivity index (χ1) is 15.6. The van der Waals surface area contributed by atoms with Gasteiger partial charge in [0.2, 0.25) is 11.8 Å². The summed E-state index contributed by atoms with van der Waals surface area (Å²) in [5, 5.41) is 5.01. The minimum atomic E-state index is -0.400. The van der Waals surface area contributed by atoms with Crippen molar-refractivity contribution in [1.29, 1.82) is 0 Å². The maximum Gasteiger partial charge on any atom is 0.246 e. The van der Waals surface area contributed by atoms with E-state index in [2.05, 4.69) is 21.4 Å². The number of hydrogen-bond acceptors (Lipinski definition) is 6. The van der Waals surface area contributed by atoms with Crippen molar-refractivity contribution in [2.75, 3.05) is 31.6 Å². The van der Waals surface area contributed by atoms with E-state index in [1.807, 2.05) is 27.9 Å². The molecule has 0 atom stereocenters. The van der Waals surface area contributed by atoms with Gasteiger partial charge in [0.1, 0.15) is 5.82 Å². The molecule has 7 nitrogen and oxygen atoms in total. The molecular weight excluding hydrogens is 424 g/mol. The molecule has 0 unspecified atom stereocenters. The zero-order valence-electron chi connectivity index (χ0n) is 17.9. The van der Waals surface area contributed by atoms with Crippen LogP contribution >= 0.6 is 11.3 Å². The number of carbonyl (C=O) groups is 2. The Morgan fingerprint density at radius 1 is 1.22 bits per heavy atom. The average Bonchev–Trinajstić information content (AvgIpc) is 3.32. The Morgan fingerprint density at radius 3 is 2.78 bits per heavy atom. The number of nitrogens with zero attached hydrogens (tertiary/aromatic N) is 3. The number of anilines is 1. The monoisotopic (exact) mass is 450 g/mol. The molecule has 1 spiro atoms. The Hall–Kier alpha value is -2.84. The molecule has 0 aliphatic carbocycles. The molecule has 0 bridgehead atoms. The predicted octanol–water partition coefficient (Wildman–Crippen LogP) is 3.55. The van der Waals surface area contributed by atoms with Gasteiger partial charge in [0.25, 0.3) is 0 Å². The molecule has 2 fully saturated rings. The molecule has 1 N–H and O–H groups in total. The van der Waals surface area contributed by atoms with Crippen LogP contribution in [0.1, 0.15) is 42.5 Å². The standard InChI is InChI=1S/C24H26N4O3S/c29-21(28-7-3-17(4-8-28)12-20-15-32-16-26-20)2-1-18-11-19-13-24(5-9-31-10-6-24)23(30)27-22(19)25-14-18/h1-2,11-12,14-16H,3-10,13H2,(H,25,27,30). The number of piperidine rings is 1. The maximum absolute atomic E-state index is 12.7. The van der Waals surface area contributed by atoms with Gasteiger partial charge in [0.05, 0.1) is 16.6 Å². The zero-order valence-corrected chi connectivity index (χ0v) is 18.7. The number of ether oxygens (including phenoxy) is 1. The van der Waals surface area contributed by atoms with Gasteiger partial charge in [0, 0.05) is 44.0 Å². The van der Waals surface area contributed by atoms with Crippen LogP contribution in [0, 0.1) is 5.41 Å². The smallest absolute Gasteiger partial charge is 0.246 e. The Morgan fingerprint density at radius 2 is 2.03 bits per heavy atom. The van der Waals surface area contributed by atoms with Crippen LogP contribution in [0.5, 0.6) is 0 Å². The van der Waals surface area contributed by atoms with E-state index in [1.165, 1.54) is 5.57 Å². The second kappa shape index (κ2) is 8.96. The van der Waals surface area contributed by atoms with Crippen LogP contribution in [0.25, 0.3) is 12.2 Å². The van der Waals surface area contributed by atoms with Crippen molar-refractivity contribution in [3.63, 3.8) is 0 Å². The second-order valence-electron chi connectivity index (χ2n) is 8.67. The summed E-state index contributed by atoms with van der Waals surface area (Å²) >= 11 is 1.59. The lowest BCUT2D eigenvalue weighted by molar-refractivity contribution is -0.131. The molecule has 2 aromatic heterocycles. The zero-order chi connectivity index (χ0) is 22.0.